The SMILES string of the molecule is NC(=O)c1ccc(C(=O)NCCC(=O)NCC(NS(=O)Oc2ccccc2N)C(=O)O)cc1. The summed E-state index contributed by atoms with van der Waals surface area (Å²) >= 11 is -2.23. The first-order valence-electron chi connectivity index (χ1n) is 9.55. The van der Waals surface area contributed by atoms with Crippen LogP contribution in [0.3, 0.4) is 0 Å². The fraction of sp³-hybridized carbons (Fsp3) is 0.200. The predicted octanol–water partition coefficient (Wildman–Crippen LogP) is -0.696. The van der Waals surface area contributed by atoms with Crippen molar-refractivity contribution in [3.05, 3.63) is 59.7 Å². The third kappa shape index (κ3) is 8.23. The molecular formula is C20H23N5O7S. The topological polar surface area (TPSA) is 203 Å². The van der Waals surface area contributed by atoms with Gasteiger partial charge in [0.1, 0.15) is 6.04 Å². The Kier molecular flexibility index (Phi) is 9.32. The molecule has 0 aliphatic heterocycles. The van der Waals surface area contributed by atoms with Gasteiger partial charge in [0, 0.05) is 30.6 Å². The van der Waals surface area contributed by atoms with Gasteiger partial charge in [-0.15, -0.1) is 0 Å². The first kappa shape index (κ1) is 25.3. The predicted molar refractivity (Wildman–Crippen MR) is 119 cm³/mol. The van der Waals surface area contributed by atoms with Crippen molar-refractivity contribution in [1.29, 1.82) is 0 Å². The molecule has 33 heavy (non-hydrogen) atoms. The number of nitrogens with one attached hydrogen (secondary N) is 3. The van der Waals surface area contributed by atoms with Crippen LogP contribution in [-0.4, -0.2) is 52.1 Å². The molecule has 0 aliphatic carbocycles. The van der Waals surface area contributed by atoms with Crippen LogP contribution in [0.1, 0.15) is 27.1 Å². The number of carbonyl (C=O) groups is 4. The van der Waals surface area contributed by atoms with E-state index < -0.39 is 41.0 Å². The van der Waals surface area contributed by atoms with E-state index in [1.54, 1.807) is 12.1 Å². The number of benzene rings is 2. The number of aliphatic carboxylic acids is 1. The summed E-state index contributed by atoms with van der Waals surface area (Å²) in [4.78, 5) is 46.4. The number of primary amides is 1. The average Bonchev–Trinajstić information content (AvgIpc) is 2.78. The second-order valence-corrected chi connectivity index (χ2v) is 7.49. The minimum atomic E-state index is -2.23. The van der Waals surface area contributed by atoms with Crippen molar-refractivity contribution in [3.8, 4) is 5.75 Å². The number of nitrogens with two attached hydrogens (primary N) is 2. The highest BCUT2D eigenvalue weighted by Crippen LogP contribution is 2.20. The maximum absolute atomic E-state index is 12.1. The minimum Gasteiger partial charge on any atom is -0.480 e. The summed E-state index contributed by atoms with van der Waals surface area (Å²) in [5.41, 5.74) is 11.6. The van der Waals surface area contributed by atoms with E-state index in [9.17, 15) is 28.5 Å². The number of para-hydroxylation sites is 2. The lowest BCUT2D eigenvalue weighted by atomic mass is 10.1. The molecule has 2 aromatic rings. The summed E-state index contributed by atoms with van der Waals surface area (Å²) in [5.74, 6) is -2.87. The fourth-order valence-electron chi connectivity index (χ4n) is 2.44. The number of carboxylic acid groups (broad SMARTS) is 1. The zero-order chi connectivity index (χ0) is 24.4. The molecule has 0 aromatic heterocycles. The zero-order valence-electron chi connectivity index (χ0n) is 17.3. The molecule has 0 heterocycles. The molecule has 2 aromatic carbocycles. The van der Waals surface area contributed by atoms with Crippen LogP contribution in [0.4, 0.5) is 5.69 Å². The van der Waals surface area contributed by atoms with E-state index in [1.165, 1.54) is 36.4 Å². The van der Waals surface area contributed by atoms with Crippen LogP contribution >= 0.6 is 0 Å². The van der Waals surface area contributed by atoms with Gasteiger partial charge in [-0.3, -0.25) is 19.2 Å². The highest BCUT2D eigenvalue weighted by atomic mass is 32.2. The van der Waals surface area contributed by atoms with Gasteiger partial charge in [0.25, 0.3) is 17.2 Å². The van der Waals surface area contributed by atoms with Gasteiger partial charge >= 0.3 is 5.97 Å². The molecule has 12 nitrogen and oxygen atoms in total. The molecule has 0 radical (unpaired) electrons. The van der Waals surface area contributed by atoms with Crippen LogP contribution < -0.4 is 31.0 Å². The molecule has 0 fully saturated rings. The Morgan fingerprint density at radius 1 is 1.00 bits per heavy atom. The summed E-state index contributed by atoms with van der Waals surface area (Å²) in [6.45, 7) is -0.397. The highest BCUT2D eigenvalue weighted by molar-refractivity contribution is 7.78. The third-order valence-electron chi connectivity index (χ3n) is 4.19. The summed E-state index contributed by atoms with van der Waals surface area (Å²) in [5, 5.41) is 14.2. The van der Waals surface area contributed by atoms with Crippen LogP contribution in [0.15, 0.2) is 48.5 Å². The van der Waals surface area contributed by atoms with Crippen molar-refractivity contribution in [2.45, 2.75) is 12.5 Å². The van der Waals surface area contributed by atoms with Gasteiger partial charge in [0.2, 0.25) is 11.8 Å². The Labute approximate surface area is 191 Å². The summed E-state index contributed by atoms with van der Waals surface area (Å²) in [6.07, 6.45) is -0.127. The van der Waals surface area contributed by atoms with E-state index in [1.807, 2.05) is 0 Å². The molecule has 0 saturated carbocycles. The van der Waals surface area contributed by atoms with Gasteiger partial charge in [0.05, 0.1) is 5.69 Å². The Bertz CT molecular complexity index is 1050. The number of amides is 3. The number of carbonyl (C=O) groups excluding carboxylic acids is 3. The molecule has 2 unspecified atom stereocenters. The zero-order valence-corrected chi connectivity index (χ0v) is 18.1. The smallest absolute Gasteiger partial charge is 0.323 e. The Hall–Kier alpha value is -3.97. The number of carboxylic acids is 1. The maximum Gasteiger partial charge on any atom is 0.323 e. The molecule has 0 bridgehead atoms. The number of hydrogen-bond donors (Lipinski definition) is 6. The quantitative estimate of drug-likeness (QED) is 0.215. The number of anilines is 1. The molecule has 13 heteroatoms. The van der Waals surface area contributed by atoms with Gasteiger partial charge in [-0.05, 0) is 36.4 Å². The molecule has 3 amide bonds. The van der Waals surface area contributed by atoms with Crippen molar-refractivity contribution >= 4 is 40.6 Å². The van der Waals surface area contributed by atoms with E-state index in [0.717, 1.165) is 0 Å². The van der Waals surface area contributed by atoms with Crippen molar-refractivity contribution in [1.82, 2.24) is 15.4 Å². The van der Waals surface area contributed by atoms with Crippen molar-refractivity contribution in [2.75, 3.05) is 18.8 Å². The van der Waals surface area contributed by atoms with Crippen LogP contribution in [-0.2, 0) is 20.9 Å². The van der Waals surface area contributed by atoms with Crippen molar-refractivity contribution in [3.63, 3.8) is 0 Å². The van der Waals surface area contributed by atoms with Crippen LogP contribution in [0, 0.1) is 0 Å². The van der Waals surface area contributed by atoms with E-state index in [-0.39, 0.29) is 42.1 Å². The monoisotopic (exact) mass is 477 g/mol. The maximum atomic E-state index is 12.1. The van der Waals surface area contributed by atoms with E-state index in [0.29, 0.717) is 0 Å². The lowest BCUT2D eigenvalue weighted by molar-refractivity contribution is -0.138. The minimum absolute atomic E-state index is 0.0181. The number of rotatable bonds is 12. The second-order valence-electron chi connectivity index (χ2n) is 6.62. The normalized spacial score (nSPS) is 12.2. The van der Waals surface area contributed by atoms with Crippen LogP contribution in [0.25, 0.3) is 0 Å². The number of hydrogen-bond acceptors (Lipinski definition) is 7. The molecular weight excluding hydrogens is 454 g/mol. The van der Waals surface area contributed by atoms with Gasteiger partial charge < -0.3 is 31.4 Å². The van der Waals surface area contributed by atoms with Gasteiger partial charge in [-0.25, -0.2) is 0 Å². The summed E-state index contributed by atoms with van der Waals surface area (Å²) in [6, 6.07) is 10.5. The Balaban J connectivity index is 1.76. The second kappa shape index (κ2) is 12.2. The van der Waals surface area contributed by atoms with Crippen LogP contribution in [0.2, 0.25) is 0 Å². The van der Waals surface area contributed by atoms with E-state index in [2.05, 4.69) is 15.4 Å². The molecule has 2 atom stereocenters. The van der Waals surface area contributed by atoms with E-state index in [4.69, 9.17) is 15.7 Å². The van der Waals surface area contributed by atoms with Gasteiger partial charge in [0.15, 0.2) is 5.75 Å². The first-order valence-corrected chi connectivity index (χ1v) is 10.6. The standard InChI is InChI=1S/C20H23N5O7S/c21-14-3-1-2-4-16(14)32-33(31)25-15(20(29)30)11-24-17(26)9-10-23-19(28)13-7-5-12(6-8-13)18(22)27/h1-8,15,25H,9-11,21H2,(H2,22,27)(H,23,28)(H,24,26)(H,29,30). The molecule has 8 N–H and O–H groups in total. The first-order chi connectivity index (χ1) is 15.7. The molecule has 0 spiro atoms. The van der Waals surface area contributed by atoms with Crippen LogP contribution in [0.5, 0.6) is 5.75 Å². The summed E-state index contributed by atoms with van der Waals surface area (Å²) in [7, 11) is 0. The van der Waals surface area contributed by atoms with Gasteiger partial charge in [-0.1, -0.05) is 12.1 Å². The van der Waals surface area contributed by atoms with Gasteiger partial charge in [-0.2, -0.15) is 8.93 Å². The lowest BCUT2D eigenvalue weighted by Crippen LogP contribution is -2.47. The van der Waals surface area contributed by atoms with E-state index >= 15 is 0 Å². The summed E-state index contributed by atoms with van der Waals surface area (Å²) < 4.78 is 19.3. The molecule has 0 saturated heterocycles. The highest BCUT2D eigenvalue weighted by Gasteiger charge is 2.22. The Morgan fingerprint density at radius 3 is 2.24 bits per heavy atom. The molecule has 176 valence electrons. The fourth-order valence-corrected chi connectivity index (χ4v) is 3.22. The number of nitrogen functional groups attached to an aromatic ring is 1. The molecule has 0 aliphatic rings. The third-order valence-corrected chi connectivity index (χ3v) is 5.00. The average molecular weight is 477 g/mol. The van der Waals surface area contributed by atoms with Crippen molar-refractivity contribution < 1.29 is 32.7 Å². The molecule has 2 rings (SSSR count). The Morgan fingerprint density at radius 2 is 1.64 bits per heavy atom. The van der Waals surface area contributed by atoms with Crippen molar-refractivity contribution in [2.24, 2.45) is 5.73 Å². The largest absolute Gasteiger partial charge is 0.480 e. The lowest BCUT2D eigenvalue weighted by Gasteiger charge is -2.15.